The van der Waals surface area contributed by atoms with Crippen molar-refractivity contribution >= 4 is 16.7 Å². The molecule has 2 aromatic heterocycles. The normalized spacial score (nSPS) is 21.0. The van der Waals surface area contributed by atoms with Crippen molar-refractivity contribution in [3.8, 4) is 0 Å². The van der Waals surface area contributed by atoms with Crippen molar-refractivity contribution in [3.05, 3.63) is 73.1 Å². The van der Waals surface area contributed by atoms with Crippen LogP contribution < -0.4 is 0 Å². The van der Waals surface area contributed by atoms with Gasteiger partial charge in [0.1, 0.15) is 5.82 Å². The zero-order valence-corrected chi connectivity index (χ0v) is 18.8. The quantitative estimate of drug-likeness (QED) is 0.416. The fourth-order valence-corrected chi connectivity index (χ4v) is 4.84. The molecule has 31 heavy (non-hydrogen) atoms. The molecule has 3 aromatic rings. The molecule has 0 aliphatic carbocycles. The molecule has 162 valence electrons. The molecule has 1 fully saturated rings. The first kappa shape index (κ1) is 21.2. The van der Waals surface area contributed by atoms with Crippen LogP contribution in [0, 0.1) is 0 Å². The molecule has 0 bridgehead atoms. The summed E-state index contributed by atoms with van der Waals surface area (Å²) in [5.74, 6) is 1.15. The number of likely N-dealkylation sites (tertiary alicyclic amines) is 1. The van der Waals surface area contributed by atoms with Gasteiger partial charge in [-0.05, 0) is 50.9 Å². The fraction of sp³-hybridized carbons (Fsp3) is 0.400. The largest absolute Gasteiger partial charge is 0.336 e. The Morgan fingerprint density at radius 1 is 1.26 bits per heavy atom. The molecule has 0 spiro atoms. The van der Waals surface area contributed by atoms with Crippen molar-refractivity contribution in [1.29, 1.82) is 0 Å². The van der Waals surface area contributed by atoms with Crippen molar-refractivity contribution in [2.45, 2.75) is 51.4 Å². The highest BCUT2D eigenvalue weighted by Gasteiger charge is 2.34. The summed E-state index contributed by atoms with van der Waals surface area (Å²) in [6.07, 6.45) is 13.0. The average molecular weight is 417 g/mol. The number of hydrogen-bond donors (Lipinski definition) is 0. The van der Waals surface area contributed by atoms with E-state index in [1.54, 1.807) is 0 Å². The molecule has 0 amide bonds. The number of allylic oxidation sites excluding steroid dienone is 2. The number of rotatable bonds is 7. The van der Waals surface area contributed by atoms with Crippen LogP contribution >= 0.6 is 0 Å². The summed E-state index contributed by atoms with van der Waals surface area (Å²) in [4.78, 5) is 16.4. The highest BCUT2D eigenvalue weighted by atomic mass is 15.2. The first-order chi connectivity index (χ1) is 15.1. The molecule has 0 radical (unpaired) electrons. The topological polar surface area (TPSA) is 51.2 Å². The van der Waals surface area contributed by atoms with E-state index < -0.39 is 0 Å². The van der Waals surface area contributed by atoms with Crippen LogP contribution in [0.25, 0.3) is 11.0 Å². The van der Waals surface area contributed by atoms with Crippen molar-refractivity contribution in [2.75, 3.05) is 14.1 Å². The second-order valence-corrected chi connectivity index (χ2v) is 8.23. The predicted octanol–water partition coefficient (Wildman–Crippen LogP) is 4.66. The van der Waals surface area contributed by atoms with Gasteiger partial charge in [0, 0.05) is 32.5 Å². The summed E-state index contributed by atoms with van der Waals surface area (Å²) in [7, 11) is 4.12. The number of para-hydroxylation sites is 2. The Balaban J connectivity index is 1.69. The van der Waals surface area contributed by atoms with Gasteiger partial charge in [-0.15, -0.1) is 0 Å². The fourth-order valence-electron chi connectivity index (χ4n) is 4.84. The molecule has 4 rings (SSSR count). The van der Waals surface area contributed by atoms with Crippen LogP contribution in [0.3, 0.4) is 0 Å². The van der Waals surface area contributed by atoms with Crippen LogP contribution in [0.1, 0.15) is 38.1 Å². The Morgan fingerprint density at radius 2 is 2.10 bits per heavy atom. The average Bonchev–Trinajstić information content (AvgIpc) is 3.42. The van der Waals surface area contributed by atoms with Crippen LogP contribution in [0.15, 0.2) is 72.3 Å². The lowest BCUT2D eigenvalue weighted by atomic mass is 9.90. The van der Waals surface area contributed by atoms with E-state index in [-0.39, 0.29) is 12.1 Å². The number of aromatic nitrogens is 4. The molecule has 0 unspecified atom stereocenters. The SMILES string of the molecule is C=C/C=C(/C)C(=NC)[C@@H]1CCC[C@H](c2nc3ccccc3n2CCn2ccnc2)N1C. The molecule has 6 heteroatoms. The van der Waals surface area contributed by atoms with Crippen LogP contribution in [-0.2, 0) is 13.1 Å². The van der Waals surface area contributed by atoms with Crippen LogP contribution in [-0.4, -0.2) is 49.9 Å². The van der Waals surface area contributed by atoms with Crippen LogP contribution in [0.5, 0.6) is 0 Å². The molecule has 2 atom stereocenters. The first-order valence-corrected chi connectivity index (χ1v) is 11.0. The van der Waals surface area contributed by atoms with Crippen molar-refractivity contribution < 1.29 is 0 Å². The maximum Gasteiger partial charge on any atom is 0.127 e. The molecule has 1 aliphatic heterocycles. The van der Waals surface area contributed by atoms with Gasteiger partial charge < -0.3 is 9.13 Å². The molecule has 1 saturated heterocycles. The molecule has 0 saturated carbocycles. The molecular formula is C25H32N6. The second-order valence-electron chi connectivity index (χ2n) is 8.23. The highest BCUT2D eigenvalue weighted by molar-refractivity contribution is 6.03. The van der Waals surface area contributed by atoms with E-state index in [9.17, 15) is 0 Å². The van der Waals surface area contributed by atoms with E-state index in [1.807, 2.05) is 31.8 Å². The predicted molar refractivity (Wildman–Crippen MR) is 127 cm³/mol. The van der Waals surface area contributed by atoms with Gasteiger partial charge in [-0.2, -0.15) is 0 Å². The van der Waals surface area contributed by atoms with E-state index in [1.165, 1.54) is 11.1 Å². The summed E-state index contributed by atoms with van der Waals surface area (Å²) >= 11 is 0. The lowest BCUT2D eigenvalue weighted by Crippen LogP contribution is -2.45. The number of nitrogens with zero attached hydrogens (tertiary/aromatic N) is 6. The highest BCUT2D eigenvalue weighted by Crippen LogP contribution is 2.35. The Bertz CT molecular complexity index is 1090. The summed E-state index contributed by atoms with van der Waals surface area (Å²) in [5, 5.41) is 0. The van der Waals surface area contributed by atoms with Gasteiger partial charge in [0.15, 0.2) is 0 Å². The number of hydrogen-bond acceptors (Lipinski definition) is 4. The maximum atomic E-state index is 5.11. The third kappa shape index (κ3) is 4.26. The Hall–Kier alpha value is -2.99. The van der Waals surface area contributed by atoms with E-state index >= 15 is 0 Å². The summed E-state index contributed by atoms with van der Waals surface area (Å²) < 4.78 is 4.52. The zero-order chi connectivity index (χ0) is 21.8. The summed E-state index contributed by atoms with van der Waals surface area (Å²) in [6, 6.07) is 8.99. The van der Waals surface area contributed by atoms with Gasteiger partial charge in [0.25, 0.3) is 0 Å². The van der Waals surface area contributed by atoms with E-state index in [0.29, 0.717) is 0 Å². The van der Waals surface area contributed by atoms with Crippen LogP contribution in [0.2, 0.25) is 0 Å². The van der Waals surface area contributed by atoms with Gasteiger partial charge in [0.05, 0.1) is 35.2 Å². The number of aliphatic imine (C=N–C) groups is 1. The lowest BCUT2D eigenvalue weighted by Gasteiger charge is -2.40. The Morgan fingerprint density at radius 3 is 2.84 bits per heavy atom. The monoisotopic (exact) mass is 416 g/mol. The molecule has 1 aromatic carbocycles. The van der Waals surface area contributed by atoms with Crippen LogP contribution in [0.4, 0.5) is 0 Å². The molecule has 3 heterocycles. The van der Waals surface area contributed by atoms with Crippen molar-refractivity contribution in [2.24, 2.45) is 4.99 Å². The van der Waals surface area contributed by atoms with Gasteiger partial charge in [-0.1, -0.05) is 30.9 Å². The molecule has 6 nitrogen and oxygen atoms in total. The molecule has 0 N–H and O–H groups in total. The summed E-state index contributed by atoms with van der Waals surface area (Å²) in [5.41, 5.74) is 4.59. The zero-order valence-electron chi connectivity index (χ0n) is 18.8. The number of fused-ring (bicyclic) bond motifs is 1. The van der Waals surface area contributed by atoms with E-state index in [4.69, 9.17) is 4.98 Å². The molecular weight excluding hydrogens is 384 g/mol. The second kappa shape index (κ2) is 9.43. The minimum absolute atomic E-state index is 0.252. The lowest BCUT2D eigenvalue weighted by molar-refractivity contribution is 0.144. The maximum absolute atomic E-state index is 5.11. The minimum Gasteiger partial charge on any atom is -0.336 e. The molecule has 1 aliphatic rings. The minimum atomic E-state index is 0.252. The third-order valence-corrected chi connectivity index (χ3v) is 6.39. The van der Waals surface area contributed by atoms with Gasteiger partial charge in [-0.25, -0.2) is 9.97 Å². The number of benzene rings is 1. The van der Waals surface area contributed by atoms with Gasteiger partial charge in [0.2, 0.25) is 0 Å². The first-order valence-electron chi connectivity index (χ1n) is 11.0. The Labute approximate surface area is 184 Å². The van der Waals surface area contributed by atoms with Gasteiger partial charge in [-0.3, -0.25) is 9.89 Å². The Kier molecular flexibility index (Phi) is 6.47. The van der Waals surface area contributed by atoms with E-state index in [2.05, 4.69) is 74.9 Å². The summed E-state index contributed by atoms with van der Waals surface area (Å²) in [6.45, 7) is 7.72. The van der Waals surface area contributed by atoms with Crippen molar-refractivity contribution in [1.82, 2.24) is 24.0 Å². The number of imidazole rings is 2. The van der Waals surface area contributed by atoms with Gasteiger partial charge >= 0.3 is 0 Å². The number of aryl methyl sites for hydroxylation is 2. The smallest absolute Gasteiger partial charge is 0.127 e. The van der Waals surface area contributed by atoms with E-state index in [0.717, 1.165) is 49.4 Å². The standard InChI is InChI=1S/C25H32N6/c1-5-9-19(2)24(26-3)22-12-8-13-23(29(22)4)25-28-20-10-6-7-11-21(20)31(25)17-16-30-15-14-27-18-30/h5-7,9-11,14-15,18,22-23H,1,8,12-13,16-17H2,2-4H3/b19-9-,26-24?/t22-,23+/m0/s1. The van der Waals surface area contributed by atoms with Crippen molar-refractivity contribution in [3.63, 3.8) is 0 Å². The third-order valence-electron chi connectivity index (χ3n) is 6.39. The number of piperidine rings is 1.